The van der Waals surface area contributed by atoms with Crippen LogP contribution in [0.25, 0.3) is 0 Å². The van der Waals surface area contributed by atoms with Crippen LogP contribution in [0.1, 0.15) is 29.3 Å². The molecule has 0 saturated carbocycles. The van der Waals surface area contributed by atoms with Gasteiger partial charge in [0.25, 0.3) is 0 Å². The topological polar surface area (TPSA) is 69.4 Å². The average Bonchev–Trinajstić information content (AvgIpc) is 2.46. The average molecular weight is 285 g/mol. The van der Waals surface area contributed by atoms with E-state index in [2.05, 4.69) is 0 Å². The van der Waals surface area contributed by atoms with E-state index in [1.807, 2.05) is 0 Å². The second kappa shape index (κ2) is 6.17. The van der Waals surface area contributed by atoms with Crippen LogP contribution in [0.15, 0.2) is 42.5 Å². The van der Waals surface area contributed by atoms with E-state index in [1.54, 1.807) is 56.3 Å². The van der Waals surface area contributed by atoms with Crippen LogP contribution in [0.3, 0.4) is 0 Å². The number of nitro benzene ring substituents is 1. The first-order valence-corrected chi connectivity index (χ1v) is 6.58. The Morgan fingerprint density at radius 3 is 2.62 bits per heavy atom. The maximum atomic E-state index is 11.7. The van der Waals surface area contributed by atoms with E-state index < -0.39 is 4.92 Å². The SMILES string of the molecule is CCC(=O)c1cccc(Oc2cccc(C)c2[N+](=O)[O-])c1. The highest BCUT2D eigenvalue weighted by atomic mass is 16.6. The minimum absolute atomic E-state index is 0.000748. The van der Waals surface area contributed by atoms with E-state index in [0.29, 0.717) is 23.3 Å². The van der Waals surface area contributed by atoms with Crippen LogP contribution in [-0.2, 0) is 0 Å². The molecule has 0 fully saturated rings. The molecule has 5 nitrogen and oxygen atoms in total. The molecule has 2 rings (SSSR count). The third kappa shape index (κ3) is 3.25. The Hall–Kier alpha value is -2.69. The minimum Gasteiger partial charge on any atom is -0.450 e. The van der Waals surface area contributed by atoms with Crippen molar-refractivity contribution < 1.29 is 14.5 Å². The number of Topliss-reactive ketones (excluding diaryl/α,β-unsaturated/α-hetero) is 1. The number of benzene rings is 2. The molecule has 0 aliphatic heterocycles. The first-order chi connectivity index (χ1) is 10.0. The quantitative estimate of drug-likeness (QED) is 0.467. The van der Waals surface area contributed by atoms with Gasteiger partial charge in [-0.15, -0.1) is 0 Å². The lowest BCUT2D eigenvalue weighted by Gasteiger charge is -2.08. The molecule has 0 saturated heterocycles. The summed E-state index contributed by atoms with van der Waals surface area (Å²) in [6, 6.07) is 11.5. The lowest BCUT2D eigenvalue weighted by molar-refractivity contribution is -0.386. The van der Waals surface area contributed by atoms with Crippen molar-refractivity contribution in [2.45, 2.75) is 20.3 Å². The third-order valence-electron chi connectivity index (χ3n) is 3.09. The summed E-state index contributed by atoms with van der Waals surface area (Å²) >= 11 is 0. The van der Waals surface area contributed by atoms with Crippen LogP contribution in [0, 0.1) is 17.0 Å². The maximum absolute atomic E-state index is 11.7. The first kappa shape index (κ1) is 14.7. The lowest BCUT2D eigenvalue weighted by atomic mass is 10.1. The zero-order chi connectivity index (χ0) is 15.4. The number of carbonyl (C=O) groups is 1. The normalized spacial score (nSPS) is 10.2. The predicted molar refractivity (Wildman–Crippen MR) is 79.0 cm³/mol. The maximum Gasteiger partial charge on any atom is 0.314 e. The van der Waals surface area contributed by atoms with E-state index in [0.717, 1.165) is 0 Å². The molecule has 0 amide bonds. The van der Waals surface area contributed by atoms with Gasteiger partial charge in [-0.05, 0) is 25.1 Å². The number of nitrogens with zero attached hydrogens (tertiary/aromatic N) is 1. The molecule has 0 N–H and O–H groups in total. The molecule has 5 heteroatoms. The standard InChI is InChI=1S/C16H15NO4/c1-3-14(18)12-7-5-8-13(10-12)21-15-9-4-6-11(2)16(15)17(19)20/h4-10H,3H2,1-2H3. The fourth-order valence-electron chi connectivity index (χ4n) is 2.01. The van der Waals surface area contributed by atoms with Crippen molar-refractivity contribution in [1.82, 2.24) is 0 Å². The Labute approximate surface area is 122 Å². The summed E-state index contributed by atoms with van der Waals surface area (Å²) in [5, 5.41) is 11.1. The summed E-state index contributed by atoms with van der Waals surface area (Å²) in [7, 11) is 0. The highest BCUT2D eigenvalue weighted by Gasteiger charge is 2.19. The highest BCUT2D eigenvalue weighted by Crippen LogP contribution is 2.34. The summed E-state index contributed by atoms with van der Waals surface area (Å²) in [6.07, 6.45) is 0.397. The fraction of sp³-hybridized carbons (Fsp3) is 0.188. The molecule has 0 heterocycles. The summed E-state index contributed by atoms with van der Waals surface area (Å²) < 4.78 is 5.59. The molecule has 0 spiro atoms. The van der Waals surface area contributed by atoms with E-state index >= 15 is 0 Å². The van der Waals surface area contributed by atoms with Crippen molar-refractivity contribution in [2.24, 2.45) is 0 Å². The van der Waals surface area contributed by atoms with Gasteiger partial charge in [-0.1, -0.05) is 31.2 Å². The van der Waals surface area contributed by atoms with E-state index in [1.165, 1.54) is 0 Å². The van der Waals surface area contributed by atoms with Crippen molar-refractivity contribution >= 4 is 11.5 Å². The van der Waals surface area contributed by atoms with Gasteiger partial charge in [-0.2, -0.15) is 0 Å². The number of rotatable bonds is 5. The summed E-state index contributed by atoms with van der Waals surface area (Å²) in [5.74, 6) is 0.572. The van der Waals surface area contributed by atoms with Crippen LogP contribution >= 0.6 is 0 Å². The van der Waals surface area contributed by atoms with Crippen molar-refractivity contribution in [1.29, 1.82) is 0 Å². The van der Waals surface area contributed by atoms with Gasteiger partial charge in [0.2, 0.25) is 5.75 Å². The number of para-hydroxylation sites is 1. The van der Waals surface area contributed by atoms with Gasteiger partial charge in [0.05, 0.1) is 4.92 Å². The van der Waals surface area contributed by atoms with Crippen LogP contribution in [0.5, 0.6) is 11.5 Å². The summed E-state index contributed by atoms with van der Waals surface area (Å²) in [4.78, 5) is 22.3. The van der Waals surface area contributed by atoms with Gasteiger partial charge in [0.1, 0.15) is 5.75 Å². The highest BCUT2D eigenvalue weighted by molar-refractivity contribution is 5.96. The molecule has 0 aliphatic carbocycles. The van der Waals surface area contributed by atoms with Crippen LogP contribution in [-0.4, -0.2) is 10.7 Å². The number of aryl methyl sites for hydroxylation is 1. The molecule has 0 atom stereocenters. The Kier molecular flexibility index (Phi) is 4.33. The molecule has 2 aromatic carbocycles. The smallest absolute Gasteiger partial charge is 0.314 e. The van der Waals surface area contributed by atoms with Crippen molar-refractivity contribution in [3.63, 3.8) is 0 Å². The van der Waals surface area contributed by atoms with Crippen molar-refractivity contribution in [2.75, 3.05) is 0 Å². The molecule has 21 heavy (non-hydrogen) atoms. The Morgan fingerprint density at radius 2 is 1.95 bits per heavy atom. The molecule has 0 bridgehead atoms. The van der Waals surface area contributed by atoms with Gasteiger partial charge in [-0.25, -0.2) is 0 Å². The largest absolute Gasteiger partial charge is 0.450 e. The molecular formula is C16H15NO4. The van der Waals surface area contributed by atoms with Crippen molar-refractivity contribution in [3.05, 3.63) is 63.7 Å². The van der Waals surface area contributed by atoms with Crippen LogP contribution < -0.4 is 4.74 Å². The zero-order valence-electron chi connectivity index (χ0n) is 11.8. The van der Waals surface area contributed by atoms with E-state index in [-0.39, 0.29) is 17.2 Å². The van der Waals surface area contributed by atoms with Crippen LogP contribution in [0.2, 0.25) is 0 Å². The molecule has 0 aromatic heterocycles. The van der Waals surface area contributed by atoms with Gasteiger partial charge in [0, 0.05) is 17.5 Å². The number of ketones is 1. The second-order valence-corrected chi connectivity index (χ2v) is 4.59. The molecule has 108 valence electrons. The van der Waals surface area contributed by atoms with Gasteiger partial charge in [0.15, 0.2) is 5.78 Å². The molecule has 0 aliphatic rings. The molecule has 0 unspecified atom stereocenters. The Bertz CT molecular complexity index is 694. The monoisotopic (exact) mass is 285 g/mol. The van der Waals surface area contributed by atoms with Crippen LogP contribution in [0.4, 0.5) is 5.69 Å². The molecular weight excluding hydrogens is 270 g/mol. The Balaban J connectivity index is 2.37. The minimum atomic E-state index is -0.467. The van der Waals surface area contributed by atoms with E-state index in [9.17, 15) is 14.9 Å². The fourth-order valence-corrected chi connectivity index (χ4v) is 2.01. The van der Waals surface area contributed by atoms with Gasteiger partial charge >= 0.3 is 5.69 Å². The molecule has 0 radical (unpaired) electrons. The van der Waals surface area contributed by atoms with Gasteiger partial charge < -0.3 is 4.74 Å². The first-order valence-electron chi connectivity index (χ1n) is 6.58. The Morgan fingerprint density at radius 1 is 1.24 bits per heavy atom. The summed E-state index contributed by atoms with van der Waals surface area (Å²) in [6.45, 7) is 3.43. The summed E-state index contributed by atoms with van der Waals surface area (Å²) in [5.41, 5.74) is 0.994. The van der Waals surface area contributed by atoms with Crippen molar-refractivity contribution in [3.8, 4) is 11.5 Å². The zero-order valence-corrected chi connectivity index (χ0v) is 11.8. The van der Waals surface area contributed by atoms with E-state index in [4.69, 9.17) is 4.74 Å². The van der Waals surface area contributed by atoms with Gasteiger partial charge in [-0.3, -0.25) is 14.9 Å². The number of nitro groups is 1. The molecule has 2 aromatic rings. The lowest BCUT2D eigenvalue weighted by Crippen LogP contribution is -1.98. The predicted octanol–water partition coefficient (Wildman–Crippen LogP) is 4.29. The number of ether oxygens (including phenoxy) is 1. The number of hydrogen-bond acceptors (Lipinski definition) is 4. The number of carbonyl (C=O) groups excluding carboxylic acids is 1. The second-order valence-electron chi connectivity index (χ2n) is 4.59. The number of hydrogen-bond donors (Lipinski definition) is 0. The third-order valence-corrected chi connectivity index (χ3v) is 3.09.